The van der Waals surface area contributed by atoms with E-state index in [-0.39, 0.29) is 12.4 Å². The van der Waals surface area contributed by atoms with Gasteiger partial charge in [-0.05, 0) is 19.2 Å². The first kappa shape index (κ1) is 11.4. The molecule has 0 aliphatic heterocycles. The van der Waals surface area contributed by atoms with E-state index in [0.717, 1.165) is 0 Å². The van der Waals surface area contributed by atoms with Crippen molar-refractivity contribution < 1.29 is 9.50 Å². The highest BCUT2D eigenvalue weighted by atomic mass is 35.5. The lowest BCUT2D eigenvalue weighted by atomic mass is 10.2. The topological polar surface area (TPSA) is 23.5 Å². The van der Waals surface area contributed by atoms with Crippen LogP contribution in [0, 0.1) is 5.82 Å². The van der Waals surface area contributed by atoms with E-state index in [4.69, 9.17) is 16.7 Å². The number of likely N-dealkylation sites (N-methyl/N-ethyl adjacent to an activating group) is 1. The number of aliphatic hydroxyl groups excluding tert-OH is 1. The van der Waals surface area contributed by atoms with Gasteiger partial charge in [-0.3, -0.25) is 4.90 Å². The van der Waals surface area contributed by atoms with Gasteiger partial charge in [-0.15, -0.1) is 0 Å². The van der Waals surface area contributed by atoms with E-state index < -0.39 is 0 Å². The SMILES string of the molecule is CN(CCO)Cc1ccc(Cl)cc1F. The van der Waals surface area contributed by atoms with Crippen LogP contribution in [0.25, 0.3) is 0 Å². The van der Waals surface area contributed by atoms with Crippen LogP contribution in [0.5, 0.6) is 0 Å². The third kappa shape index (κ3) is 3.25. The predicted octanol–water partition coefficient (Wildman–Crippen LogP) is 1.90. The fourth-order valence-electron chi connectivity index (χ4n) is 1.19. The van der Waals surface area contributed by atoms with E-state index in [1.807, 2.05) is 11.9 Å². The van der Waals surface area contributed by atoms with Crippen molar-refractivity contribution in [2.24, 2.45) is 0 Å². The Hall–Kier alpha value is -0.640. The van der Waals surface area contributed by atoms with Gasteiger partial charge in [0.2, 0.25) is 0 Å². The molecule has 14 heavy (non-hydrogen) atoms. The highest BCUT2D eigenvalue weighted by molar-refractivity contribution is 6.30. The fourth-order valence-corrected chi connectivity index (χ4v) is 1.35. The second kappa shape index (κ2) is 5.29. The van der Waals surface area contributed by atoms with Crippen LogP contribution in [0.2, 0.25) is 5.02 Å². The van der Waals surface area contributed by atoms with E-state index in [1.54, 1.807) is 12.1 Å². The van der Waals surface area contributed by atoms with Crippen molar-refractivity contribution in [2.45, 2.75) is 6.54 Å². The Bertz CT molecular complexity index is 306. The minimum Gasteiger partial charge on any atom is -0.395 e. The number of aliphatic hydroxyl groups is 1. The van der Waals surface area contributed by atoms with Gasteiger partial charge in [-0.25, -0.2) is 4.39 Å². The molecule has 0 aliphatic rings. The maximum atomic E-state index is 13.3. The summed E-state index contributed by atoms with van der Waals surface area (Å²) in [6.45, 7) is 1.08. The molecule has 1 rings (SSSR count). The molecular weight excluding hydrogens is 205 g/mol. The minimum absolute atomic E-state index is 0.0751. The lowest BCUT2D eigenvalue weighted by molar-refractivity contribution is 0.216. The van der Waals surface area contributed by atoms with Crippen molar-refractivity contribution in [1.82, 2.24) is 4.90 Å². The third-order valence-electron chi connectivity index (χ3n) is 1.94. The van der Waals surface area contributed by atoms with Gasteiger partial charge in [0.1, 0.15) is 5.82 Å². The van der Waals surface area contributed by atoms with E-state index in [1.165, 1.54) is 6.07 Å². The first-order valence-corrected chi connectivity index (χ1v) is 4.74. The average molecular weight is 218 g/mol. The smallest absolute Gasteiger partial charge is 0.129 e. The van der Waals surface area contributed by atoms with Crippen LogP contribution in [0.1, 0.15) is 5.56 Å². The average Bonchev–Trinajstić information content (AvgIpc) is 2.10. The second-order valence-electron chi connectivity index (χ2n) is 3.20. The van der Waals surface area contributed by atoms with Gasteiger partial charge >= 0.3 is 0 Å². The highest BCUT2D eigenvalue weighted by Crippen LogP contribution is 2.15. The standard InChI is InChI=1S/C10H13ClFNO/c1-13(4-5-14)7-8-2-3-9(11)6-10(8)12/h2-3,6,14H,4-5,7H2,1H3. The molecule has 78 valence electrons. The molecule has 0 atom stereocenters. The summed E-state index contributed by atoms with van der Waals surface area (Å²) in [4.78, 5) is 1.84. The number of nitrogens with zero attached hydrogens (tertiary/aromatic N) is 1. The van der Waals surface area contributed by atoms with Gasteiger partial charge < -0.3 is 5.11 Å². The normalized spacial score (nSPS) is 10.9. The van der Waals surface area contributed by atoms with Crippen LogP contribution in [0.3, 0.4) is 0 Å². The molecule has 1 N–H and O–H groups in total. The summed E-state index contributed by atoms with van der Waals surface area (Å²) in [5, 5.41) is 9.07. The molecule has 0 unspecified atom stereocenters. The summed E-state index contributed by atoms with van der Waals surface area (Å²) in [7, 11) is 1.82. The van der Waals surface area contributed by atoms with Crippen LogP contribution in [-0.4, -0.2) is 30.2 Å². The Balaban J connectivity index is 2.67. The molecule has 1 aromatic rings. The molecule has 2 nitrogen and oxygen atoms in total. The van der Waals surface area contributed by atoms with Crippen molar-refractivity contribution in [3.8, 4) is 0 Å². The van der Waals surface area contributed by atoms with Gasteiger partial charge in [0.15, 0.2) is 0 Å². The van der Waals surface area contributed by atoms with Crippen molar-refractivity contribution in [3.63, 3.8) is 0 Å². The monoisotopic (exact) mass is 217 g/mol. The van der Waals surface area contributed by atoms with Crippen LogP contribution in [-0.2, 0) is 6.54 Å². The number of hydrogen-bond acceptors (Lipinski definition) is 2. The van der Waals surface area contributed by atoms with Crippen LogP contribution >= 0.6 is 11.6 Å². The Kier molecular flexibility index (Phi) is 4.32. The number of halogens is 2. The van der Waals surface area contributed by atoms with Crippen molar-refractivity contribution in [3.05, 3.63) is 34.6 Å². The Morgan fingerprint density at radius 3 is 2.79 bits per heavy atom. The second-order valence-corrected chi connectivity index (χ2v) is 3.63. The highest BCUT2D eigenvalue weighted by Gasteiger charge is 2.05. The maximum absolute atomic E-state index is 13.3. The zero-order chi connectivity index (χ0) is 10.6. The van der Waals surface area contributed by atoms with E-state index in [0.29, 0.717) is 23.7 Å². The van der Waals surface area contributed by atoms with Gasteiger partial charge in [0.05, 0.1) is 6.61 Å². The summed E-state index contributed by atoms with van der Waals surface area (Å²) >= 11 is 5.62. The summed E-state index contributed by atoms with van der Waals surface area (Å²) in [5.74, 6) is -0.303. The fraction of sp³-hybridized carbons (Fsp3) is 0.400. The Morgan fingerprint density at radius 1 is 1.50 bits per heavy atom. The molecular formula is C10H13ClFNO. The predicted molar refractivity (Wildman–Crippen MR) is 54.8 cm³/mol. The molecule has 0 amide bonds. The lowest BCUT2D eigenvalue weighted by Gasteiger charge is -2.15. The molecule has 0 fully saturated rings. The molecule has 0 aromatic heterocycles. The molecule has 0 radical (unpaired) electrons. The summed E-state index contributed by atoms with van der Waals surface area (Å²) in [6.07, 6.45) is 0. The zero-order valence-corrected chi connectivity index (χ0v) is 8.76. The van der Waals surface area contributed by atoms with Gasteiger partial charge in [-0.1, -0.05) is 17.7 Å². The minimum atomic E-state index is -0.303. The maximum Gasteiger partial charge on any atom is 0.129 e. The van der Waals surface area contributed by atoms with Crippen molar-refractivity contribution >= 4 is 11.6 Å². The molecule has 0 aliphatic carbocycles. The quantitative estimate of drug-likeness (QED) is 0.833. The van der Waals surface area contributed by atoms with Gasteiger partial charge in [0.25, 0.3) is 0 Å². The van der Waals surface area contributed by atoms with E-state index >= 15 is 0 Å². The summed E-state index contributed by atoms with van der Waals surface area (Å²) < 4.78 is 13.3. The molecule has 0 heterocycles. The number of rotatable bonds is 4. The first-order chi connectivity index (χ1) is 6.63. The lowest BCUT2D eigenvalue weighted by Crippen LogP contribution is -2.22. The van der Waals surface area contributed by atoms with Crippen LogP contribution in [0.4, 0.5) is 4.39 Å². The zero-order valence-electron chi connectivity index (χ0n) is 8.00. The Morgan fingerprint density at radius 2 is 2.21 bits per heavy atom. The molecule has 1 aromatic carbocycles. The van der Waals surface area contributed by atoms with E-state index in [9.17, 15) is 4.39 Å². The van der Waals surface area contributed by atoms with Crippen LogP contribution in [0.15, 0.2) is 18.2 Å². The molecule has 0 saturated carbocycles. The summed E-state index contributed by atoms with van der Waals surface area (Å²) in [6, 6.07) is 4.61. The first-order valence-electron chi connectivity index (χ1n) is 4.37. The summed E-state index contributed by atoms with van der Waals surface area (Å²) in [5.41, 5.74) is 0.588. The van der Waals surface area contributed by atoms with Crippen molar-refractivity contribution in [1.29, 1.82) is 0 Å². The van der Waals surface area contributed by atoms with Gasteiger partial charge in [-0.2, -0.15) is 0 Å². The van der Waals surface area contributed by atoms with Gasteiger partial charge in [0, 0.05) is 23.7 Å². The number of hydrogen-bond donors (Lipinski definition) is 1. The molecule has 4 heteroatoms. The molecule has 0 saturated heterocycles. The molecule has 0 spiro atoms. The van der Waals surface area contributed by atoms with Crippen LogP contribution < -0.4 is 0 Å². The van der Waals surface area contributed by atoms with E-state index in [2.05, 4.69) is 0 Å². The Labute approximate surface area is 87.9 Å². The number of benzene rings is 1. The largest absolute Gasteiger partial charge is 0.395 e. The van der Waals surface area contributed by atoms with Crippen molar-refractivity contribution in [2.75, 3.05) is 20.2 Å². The molecule has 0 bridgehead atoms. The third-order valence-corrected chi connectivity index (χ3v) is 2.17.